The number of anilines is 2. The standard InChI is InChI=1S/C23H35NO2.2C21H29N5O/c1-18(12-13-21-20(3)11-7-14-23(21,4)5)9-6-10-19(2)17-22(26)24-15-8-16-25;2*1-15(11-12-18-17(3)10-7-13-21(18,4)5)8-6-9-16(2)14-19(27)22-20-23-25-26-24-20/h6,9-10,12-13,17,25H,7-8,11,14-16H2,1-5H3,(H,24,26);2*6,8-9,11-12,14H,7,10,13H2,1-5H3,(H2,22,23,24,25,26,27)/b10-6?,13-12?,18-9?,19-17-;9-6+,12-11+,15-8+,16-14+;. The van der Waals surface area contributed by atoms with Crippen LogP contribution in [0.2, 0.25) is 0 Å². The van der Waals surface area contributed by atoms with Crippen molar-refractivity contribution < 1.29 is 19.5 Å². The molecule has 0 aromatic carbocycles. The molecule has 5 rings (SSSR count). The Morgan fingerprint density at radius 1 is 0.500 bits per heavy atom. The summed E-state index contributed by atoms with van der Waals surface area (Å²) in [6, 6.07) is 0. The largest absolute Gasteiger partial charge is 0.396 e. The highest BCUT2D eigenvalue weighted by atomic mass is 16.3. The lowest BCUT2D eigenvalue weighted by Gasteiger charge is -2.33. The van der Waals surface area contributed by atoms with Crippen molar-refractivity contribution in [3.05, 3.63) is 176 Å². The number of allylic oxidation sites excluding steroid dienone is 27. The van der Waals surface area contributed by atoms with Gasteiger partial charge in [-0.15, -0.1) is 0 Å². The van der Waals surface area contributed by atoms with Crippen molar-refractivity contribution in [1.29, 1.82) is 0 Å². The summed E-state index contributed by atoms with van der Waals surface area (Å²) < 4.78 is 0. The molecule has 0 unspecified atom stereocenters. The fraction of sp³-hybridized carbons (Fsp3) is 0.462. The quantitative estimate of drug-likeness (QED) is 0.0419. The molecule has 2 aromatic heterocycles. The number of nitrogens with one attached hydrogen (secondary N) is 5. The predicted molar refractivity (Wildman–Crippen MR) is 329 cm³/mol. The fourth-order valence-electron chi connectivity index (χ4n) is 9.73. The van der Waals surface area contributed by atoms with Gasteiger partial charge in [0.05, 0.1) is 0 Å². The second kappa shape index (κ2) is 33.9. The third-order valence-corrected chi connectivity index (χ3v) is 14.2. The molecule has 0 aliphatic heterocycles. The molecular formula is C65H93N11O4. The molecule has 0 saturated carbocycles. The molecule has 432 valence electrons. The van der Waals surface area contributed by atoms with Crippen LogP contribution in [-0.2, 0) is 14.4 Å². The molecule has 80 heavy (non-hydrogen) atoms. The Morgan fingerprint density at radius 2 is 0.825 bits per heavy atom. The van der Waals surface area contributed by atoms with Gasteiger partial charge in [-0.1, -0.05) is 176 Å². The first kappa shape index (κ1) is 66.9. The molecule has 0 saturated heterocycles. The Labute approximate surface area is 478 Å². The number of amides is 3. The number of carbonyl (C=O) groups excluding carboxylic acids is 3. The lowest BCUT2D eigenvalue weighted by atomic mass is 9.72. The van der Waals surface area contributed by atoms with Gasteiger partial charge in [-0.2, -0.15) is 0 Å². The minimum absolute atomic E-state index is 0.0913. The highest BCUT2D eigenvalue weighted by Gasteiger charge is 2.28. The molecular weight excluding hydrogens is 999 g/mol. The average molecular weight is 1090 g/mol. The summed E-state index contributed by atoms with van der Waals surface area (Å²) in [5.41, 5.74) is 15.7. The minimum atomic E-state index is -0.279. The number of rotatable bonds is 20. The number of hydrogen-bond acceptors (Lipinski definition) is 10. The number of H-pyrrole nitrogens is 2. The van der Waals surface area contributed by atoms with E-state index in [9.17, 15) is 14.4 Å². The molecule has 2 aromatic rings. The molecule has 6 N–H and O–H groups in total. The number of carbonyl (C=O) groups is 3. The Hall–Kier alpha value is -7.39. The number of aromatic amines is 2. The summed E-state index contributed by atoms with van der Waals surface area (Å²) in [7, 11) is 0. The fourth-order valence-corrected chi connectivity index (χ4v) is 9.73. The summed E-state index contributed by atoms with van der Waals surface area (Å²) in [6.07, 6.45) is 47.3. The van der Waals surface area contributed by atoms with E-state index in [0.29, 0.717) is 13.0 Å². The molecule has 15 nitrogen and oxygen atoms in total. The van der Waals surface area contributed by atoms with Gasteiger partial charge in [0.15, 0.2) is 0 Å². The smallest absolute Gasteiger partial charge is 0.251 e. The molecule has 0 fully saturated rings. The maximum Gasteiger partial charge on any atom is 0.251 e. The van der Waals surface area contributed by atoms with Crippen LogP contribution >= 0.6 is 0 Å². The van der Waals surface area contributed by atoms with Crippen molar-refractivity contribution in [3.8, 4) is 0 Å². The van der Waals surface area contributed by atoms with E-state index in [1.165, 1.54) is 109 Å². The van der Waals surface area contributed by atoms with Gasteiger partial charge in [0.25, 0.3) is 11.8 Å². The van der Waals surface area contributed by atoms with Crippen LogP contribution in [0.3, 0.4) is 0 Å². The maximum absolute atomic E-state index is 11.8. The van der Waals surface area contributed by atoms with Gasteiger partial charge in [0.1, 0.15) is 0 Å². The van der Waals surface area contributed by atoms with E-state index in [1.54, 1.807) is 6.08 Å². The van der Waals surface area contributed by atoms with Crippen molar-refractivity contribution in [2.24, 2.45) is 16.2 Å². The summed E-state index contributed by atoms with van der Waals surface area (Å²) in [5, 5.41) is 42.3. The summed E-state index contributed by atoms with van der Waals surface area (Å²) >= 11 is 0. The Bertz CT molecular complexity index is 2720. The second-order valence-corrected chi connectivity index (χ2v) is 23.1. The zero-order valence-corrected chi connectivity index (χ0v) is 50.7. The van der Waals surface area contributed by atoms with Crippen LogP contribution in [0, 0.1) is 16.2 Å². The van der Waals surface area contributed by atoms with Gasteiger partial charge in [-0.05, 0) is 197 Å². The summed E-state index contributed by atoms with van der Waals surface area (Å²) in [5.74, 6) is -0.229. The van der Waals surface area contributed by atoms with Crippen molar-refractivity contribution in [1.82, 2.24) is 46.6 Å². The van der Waals surface area contributed by atoms with E-state index in [2.05, 4.69) is 183 Å². The van der Waals surface area contributed by atoms with Crippen LogP contribution < -0.4 is 16.0 Å². The minimum Gasteiger partial charge on any atom is -0.396 e. The molecule has 0 spiro atoms. The zero-order valence-electron chi connectivity index (χ0n) is 50.7. The van der Waals surface area contributed by atoms with Crippen molar-refractivity contribution >= 4 is 29.6 Å². The third-order valence-electron chi connectivity index (χ3n) is 14.2. The Balaban J connectivity index is 0.000000315. The van der Waals surface area contributed by atoms with Gasteiger partial charge in [0, 0.05) is 31.4 Å². The van der Waals surface area contributed by atoms with Crippen molar-refractivity contribution in [3.63, 3.8) is 0 Å². The van der Waals surface area contributed by atoms with Crippen LogP contribution in [0.1, 0.15) is 168 Å². The lowest BCUT2D eigenvalue weighted by molar-refractivity contribution is -0.116. The molecule has 2 heterocycles. The molecule has 15 heteroatoms. The third kappa shape index (κ3) is 25.6. The van der Waals surface area contributed by atoms with E-state index >= 15 is 0 Å². The monoisotopic (exact) mass is 1090 g/mol. The summed E-state index contributed by atoms with van der Waals surface area (Å²) in [4.78, 5) is 35.3. The number of aliphatic hydroxyl groups is 1. The van der Waals surface area contributed by atoms with Gasteiger partial charge in [-0.25, -0.2) is 10.2 Å². The van der Waals surface area contributed by atoms with Crippen LogP contribution in [0.15, 0.2) is 176 Å². The van der Waals surface area contributed by atoms with E-state index in [1.807, 2.05) is 69.4 Å². The van der Waals surface area contributed by atoms with Crippen LogP contribution in [0.5, 0.6) is 0 Å². The summed E-state index contributed by atoms with van der Waals surface area (Å²) in [6.45, 7) is 33.2. The van der Waals surface area contributed by atoms with E-state index in [4.69, 9.17) is 5.11 Å². The van der Waals surface area contributed by atoms with Gasteiger partial charge in [0.2, 0.25) is 17.8 Å². The molecule has 3 amide bonds. The maximum atomic E-state index is 11.8. The van der Waals surface area contributed by atoms with Crippen LogP contribution in [-0.4, -0.2) is 77.2 Å². The highest BCUT2D eigenvalue weighted by molar-refractivity contribution is 5.99. The van der Waals surface area contributed by atoms with E-state index in [0.717, 1.165) is 27.9 Å². The van der Waals surface area contributed by atoms with E-state index in [-0.39, 0.29) is 52.5 Å². The van der Waals surface area contributed by atoms with Gasteiger partial charge >= 0.3 is 0 Å². The number of hydrogen-bond donors (Lipinski definition) is 6. The van der Waals surface area contributed by atoms with Crippen molar-refractivity contribution in [2.45, 2.75) is 168 Å². The van der Waals surface area contributed by atoms with Gasteiger partial charge < -0.3 is 10.4 Å². The first-order valence-corrected chi connectivity index (χ1v) is 28.0. The predicted octanol–water partition coefficient (Wildman–Crippen LogP) is 14.4. The Morgan fingerprint density at radius 3 is 1.11 bits per heavy atom. The van der Waals surface area contributed by atoms with E-state index < -0.39 is 0 Å². The number of aromatic nitrogens is 8. The highest BCUT2D eigenvalue weighted by Crippen LogP contribution is 2.43. The van der Waals surface area contributed by atoms with Crippen molar-refractivity contribution in [2.75, 3.05) is 23.8 Å². The zero-order chi connectivity index (χ0) is 59.3. The first-order chi connectivity index (χ1) is 37.8. The number of aliphatic hydroxyl groups excluding tert-OH is 1. The SMILES string of the molecule is CC(C=CC1=C(C)CCCC1(C)C)=CC=C/C(C)=C\C(=O)NCCCO.CC(C=CC1=C(C)CCCC1(C)C)=CC=CC(C)=CC(=O)Nc1nnn[nH]1.CC1=C(/C=C/C(C)=C/C=C/C(C)=C/C(=O)Nc2nnn[nH]2)C(C)(C)CCC1. The topological polar surface area (TPSA) is 216 Å². The Kier molecular flexibility index (Phi) is 28.4. The number of nitrogens with zero attached hydrogens (tertiary/aromatic N) is 6. The van der Waals surface area contributed by atoms with Crippen LogP contribution in [0.4, 0.5) is 11.9 Å². The number of tetrazole rings is 2. The average Bonchev–Trinajstić information content (AvgIpc) is 4.08. The molecule has 3 aliphatic carbocycles. The second-order valence-electron chi connectivity index (χ2n) is 23.1. The molecule has 0 bridgehead atoms. The van der Waals surface area contributed by atoms with Gasteiger partial charge in [-0.3, -0.25) is 25.0 Å². The lowest BCUT2D eigenvalue weighted by Crippen LogP contribution is -2.23. The molecule has 3 aliphatic rings. The normalized spacial score (nSPS) is 18.6. The first-order valence-electron chi connectivity index (χ1n) is 28.0. The van der Waals surface area contributed by atoms with Crippen LogP contribution in [0.25, 0.3) is 0 Å². The molecule has 0 atom stereocenters. The molecule has 0 radical (unpaired) electrons.